The first-order chi connectivity index (χ1) is 29.2. The summed E-state index contributed by atoms with van der Waals surface area (Å²) in [4.78, 5) is 15.4. The molecule has 13 rings (SSSR count). The number of hydrogen-bond donors (Lipinski definition) is 0. The van der Waals surface area contributed by atoms with Crippen LogP contribution in [0.5, 0.6) is 0 Å². The number of rotatable bonds is 4. The molecule has 274 valence electrons. The van der Waals surface area contributed by atoms with Crippen molar-refractivity contribution in [2.45, 2.75) is 0 Å². The third kappa shape index (κ3) is 4.94. The van der Waals surface area contributed by atoms with Crippen LogP contribution in [0.1, 0.15) is 0 Å². The summed E-state index contributed by atoms with van der Waals surface area (Å²) < 4.78 is 11.7. The second-order valence-corrected chi connectivity index (χ2v) is 16.3. The standard InChI is InChI=1S/C53H30N4OS/c1-2-12-31(13-3-1)51-54-52(56-53(55-51)35-23-25-49-42(28-35)38-18-9-11-21-48(38)59-49)34-22-24-47-41(27-34)43-30-46(36-16-6-7-19-39(36)50(43)58-47)57-44-20-10-8-17-37(44)40-26-32-14-4-5-15-33(32)29-45(40)57/h1-30H. The van der Waals surface area contributed by atoms with Crippen LogP contribution in [-0.4, -0.2) is 19.5 Å². The molecule has 0 amide bonds. The van der Waals surface area contributed by atoms with Gasteiger partial charge in [0, 0.05) is 69.2 Å². The Labute approximate surface area is 341 Å². The van der Waals surface area contributed by atoms with E-state index in [4.69, 9.17) is 19.4 Å². The van der Waals surface area contributed by atoms with Crippen molar-refractivity contribution >= 4 is 96.8 Å². The van der Waals surface area contributed by atoms with E-state index in [2.05, 4.69) is 168 Å². The molecule has 0 bridgehead atoms. The van der Waals surface area contributed by atoms with E-state index in [0.717, 1.165) is 60.6 Å². The van der Waals surface area contributed by atoms with Crippen LogP contribution in [0.3, 0.4) is 0 Å². The van der Waals surface area contributed by atoms with Crippen LogP contribution in [0, 0.1) is 0 Å². The fraction of sp³-hybridized carbons (Fsp3) is 0. The van der Waals surface area contributed by atoms with E-state index in [0.29, 0.717) is 17.5 Å². The molecule has 0 atom stereocenters. The van der Waals surface area contributed by atoms with Crippen molar-refractivity contribution in [3.05, 3.63) is 182 Å². The molecule has 0 aliphatic heterocycles. The minimum Gasteiger partial charge on any atom is -0.455 e. The molecule has 0 aliphatic rings. The van der Waals surface area contributed by atoms with E-state index in [1.807, 2.05) is 18.2 Å². The van der Waals surface area contributed by atoms with Crippen LogP contribution in [-0.2, 0) is 0 Å². The van der Waals surface area contributed by atoms with Gasteiger partial charge in [0.15, 0.2) is 17.5 Å². The van der Waals surface area contributed by atoms with Crippen molar-refractivity contribution in [3.63, 3.8) is 0 Å². The summed E-state index contributed by atoms with van der Waals surface area (Å²) in [5.74, 6) is 1.87. The summed E-state index contributed by atoms with van der Waals surface area (Å²) in [5.41, 5.74) is 7.88. The van der Waals surface area contributed by atoms with Gasteiger partial charge in [-0.1, -0.05) is 115 Å². The van der Waals surface area contributed by atoms with Crippen molar-refractivity contribution in [2.24, 2.45) is 0 Å². The van der Waals surface area contributed by atoms with Gasteiger partial charge in [-0.3, -0.25) is 0 Å². The number of para-hydroxylation sites is 1. The van der Waals surface area contributed by atoms with Crippen LogP contribution in [0.2, 0.25) is 0 Å². The van der Waals surface area contributed by atoms with Crippen molar-refractivity contribution in [1.82, 2.24) is 19.5 Å². The first kappa shape index (κ1) is 32.4. The van der Waals surface area contributed by atoms with Gasteiger partial charge < -0.3 is 8.98 Å². The summed E-state index contributed by atoms with van der Waals surface area (Å²) >= 11 is 1.81. The van der Waals surface area contributed by atoms with Crippen LogP contribution >= 0.6 is 11.3 Å². The van der Waals surface area contributed by atoms with E-state index in [1.54, 1.807) is 11.3 Å². The average molecular weight is 771 g/mol. The van der Waals surface area contributed by atoms with Gasteiger partial charge in [-0.15, -0.1) is 11.3 Å². The lowest BCUT2D eigenvalue weighted by molar-refractivity contribution is 0.672. The Kier molecular flexibility index (Phi) is 6.82. The number of hydrogen-bond acceptors (Lipinski definition) is 5. The molecular weight excluding hydrogens is 741 g/mol. The predicted molar refractivity (Wildman–Crippen MR) is 246 cm³/mol. The van der Waals surface area contributed by atoms with Crippen molar-refractivity contribution in [3.8, 4) is 39.9 Å². The lowest BCUT2D eigenvalue weighted by Crippen LogP contribution is -2.00. The van der Waals surface area contributed by atoms with Crippen molar-refractivity contribution in [1.29, 1.82) is 0 Å². The minimum atomic E-state index is 0.607. The van der Waals surface area contributed by atoms with Crippen LogP contribution in [0.15, 0.2) is 186 Å². The average Bonchev–Trinajstić information content (AvgIpc) is 3.97. The van der Waals surface area contributed by atoms with Gasteiger partial charge >= 0.3 is 0 Å². The molecule has 0 unspecified atom stereocenters. The topological polar surface area (TPSA) is 56.7 Å². The summed E-state index contributed by atoms with van der Waals surface area (Å²) in [6.07, 6.45) is 0. The second-order valence-electron chi connectivity index (χ2n) is 15.2. The van der Waals surface area contributed by atoms with E-state index in [9.17, 15) is 0 Å². The number of nitrogens with zero attached hydrogens (tertiary/aromatic N) is 4. The fourth-order valence-corrected chi connectivity index (χ4v) is 10.1. The zero-order valence-corrected chi connectivity index (χ0v) is 32.2. The first-order valence-corrected chi connectivity index (χ1v) is 20.6. The quantitative estimate of drug-likeness (QED) is 0.179. The van der Waals surface area contributed by atoms with Crippen LogP contribution < -0.4 is 0 Å². The third-order valence-electron chi connectivity index (χ3n) is 11.8. The van der Waals surface area contributed by atoms with Crippen LogP contribution in [0.25, 0.3) is 125 Å². The Hall–Kier alpha value is -7.67. The minimum absolute atomic E-state index is 0.607. The zero-order chi connectivity index (χ0) is 38.6. The molecule has 4 aromatic heterocycles. The lowest BCUT2D eigenvalue weighted by Gasteiger charge is -2.13. The van der Waals surface area contributed by atoms with Gasteiger partial charge in [-0.25, -0.2) is 15.0 Å². The molecule has 0 aliphatic carbocycles. The summed E-state index contributed by atoms with van der Waals surface area (Å²) in [6, 6.07) is 64.5. The smallest absolute Gasteiger partial charge is 0.164 e. The number of fused-ring (bicyclic) bond motifs is 12. The molecule has 0 saturated carbocycles. The molecule has 5 nitrogen and oxygen atoms in total. The maximum Gasteiger partial charge on any atom is 0.164 e. The molecule has 4 heterocycles. The predicted octanol–water partition coefficient (Wildman–Crippen LogP) is 14.5. The summed E-state index contributed by atoms with van der Waals surface area (Å²) in [5, 5.41) is 11.6. The molecular formula is C53H30N4OS. The van der Waals surface area contributed by atoms with Gasteiger partial charge in [0.2, 0.25) is 0 Å². The Morgan fingerprint density at radius 3 is 1.80 bits per heavy atom. The highest BCUT2D eigenvalue weighted by Gasteiger charge is 2.21. The Morgan fingerprint density at radius 1 is 0.373 bits per heavy atom. The van der Waals surface area contributed by atoms with Gasteiger partial charge in [0.1, 0.15) is 11.2 Å². The summed E-state index contributed by atoms with van der Waals surface area (Å²) in [7, 11) is 0. The van der Waals surface area contributed by atoms with Crippen molar-refractivity contribution < 1.29 is 4.42 Å². The highest BCUT2D eigenvalue weighted by atomic mass is 32.1. The molecule has 0 fully saturated rings. The van der Waals surface area contributed by atoms with Crippen LogP contribution in [0.4, 0.5) is 0 Å². The largest absolute Gasteiger partial charge is 0.455 e. The fourth-order valence-electron chi connectivity index (χ4n) is 9.03. The van der Waals surface area contributed by atoms with E-state index >= 15 is 0 Å². The second kappa shape index (κ2) is 12.4. The molecule has 0 spiro atoms. The summed E-state index contributed by atoms with van der Waals surface area (Å²) in [6.45, 7) is 0. The Bertz CT molecular complexity index is 3860. The third-order valence-corrected chi connectivity index (χ3v) is 12.9. The molecule has 0 saturated heterocycles. The Morgan fingerprint density at radius 2 is 0.983 bits per heavy atom. The van der Waals surface area contributed by atoms with Gasteiger partial charge in [-0.05, 0) is 77.5 Å². The maximum absolute atomic E-state index is 6.75. The molecule has 59 heavy (non-hydrogen) atoms. The lowest BCUT2D eigenvalue weighted by atomic mass is 10.0. The maximum atomic E-state index is 6.75. The number of benzene rings is 9. The molecule has 0 N–H and O–H groups in total. The van der Waals surface area contributed by atoms with E-state index in [-0.39, 0.29) is 0 Å². The Balaban J connectivity index is 1.05. The molecule has 0 radical (unpaired) electrons. The van der Waals surface area contributed by atoms with E-state index in [1.165, 1.54) is 47.2 Å². The van der Waals surface area contributed by atoms with E-state index < -0.39 is 0 Å². The highest BCUT2D eigenvalue weighted by Crippen LogP contribution is 2.43. The molecule has 9 aromatic carbocycles. The number of furan rings is 1. The monoisotopic (exact) mass is 770 g/mol. The molecule has 6 heteroatoms. The van der Waals surface area contributed by atoms with Gasteiger partial charge in [0.05, 0.1) is 16.7 Å². The normalized spacial score (nSPS) is 12.1. The highest BCUT2D eigenvalue weighted by molar-refractivity contribution is 7.25. The van der Waals surface area contributed by atoms with Gasteiger partial charge in [-0.2, -0.15) is 0 Å². The number of aromatic nitrogens is 4. The molecule has 13 aromatic rings. The van der Waals surface area contributed by atoms with Crippen molar-refractivity contribution in [2.75, 3.05) is 0 Å². The SMILES string of the molecule is c1ccc(-c2nc(-c3ccc4oc5c6ccccc6c(-n6c7ccccc7c7cc8ccccc8cc76)cc5c4c3)nc(-c3ccc4sc5ccccc5c4c3)n2)cc1. The number of thiophene rings is 1. The first-order valence-electron chi connectivity index (χ1n) is 19.8. The zero-order valence-electron chi connectivity index (χ0n) is 31.4. The van der Waals surface area contributed by atoms with Gasteiger partial charge in [0.25, 0.3) is 0 Å².